The van der Waals surface area contributed by atoms with E-state index in [0.29, 0.717) is 17.8 Å². The Balaban J connectivity index is 2.76. The van der Waals surface area contributed by atoms with Gasteiger partial charge in [0.2, 0.25) is 0 Å². The van der Waals surface area contributed by atoms with E-state index in [1.165, 1.54) is 0 Å². The highest BCUT2D eigenvalue weighted by atomic mass is 16.4. The third-order valence-corrected chi connectivity index (χ3v) is 3.74. The molecule has 13 heavy (non-hydrogen) atoms. The van der Waals surface area contributed by atoms with Gasteiger partial charge in [-0.2, -0.15) is 0 Å². The molecule has 5 atom stereocenters. The first-order valence-electron chi connectivity index (χ1n) is 4.93. The molecule has 1 aliphatic rings. The van der Waals surface area contributed by atoms with Gasteiger partial charge in [-0.05, 0) is 24.2 Å². The van der Waals surface area contributed by atoms with Gasteiger partial charge in [0.05, 0.1) is 5.92 Å². The van der Waals surface area contributed by atoms with Crippen molar-refractivity contribution in [1.29, 1.82) is 0 Å². The summed E-state index contributed by atoms with van der Waals surface area (Å²) in [7, 11) is 0. The summed E-state index contributed by atoms with van der Waals surface area (Å²) in [6.45, 7) is 6.33. The molecule has 76 valence electrons. The van der Waals surface area contributed by atoms with E-state index < -0.39 is 5.97 Å². The Hall–Kier alpha value is -0.570. The Kier molecular flexibility index (Phi) is 2.96. The third-order valence-electron chi connectivity index (χ3n) is 3.74. The van der Waals surface area contributed by atoms with Crippen LogP contribution < -0.4 is 5.73 Å². The second kappa shape index (κ2) is 3.66. The van der Waals surface area contributed by atoms with Crippen LogP contribution >= 0.6 is 0 Å². The van der Waals surface area contributed by atoms with Crippen molar-refractivity contribution in [2.45, 2.75) is 33.2 Å². The van der Waals surface area contributed by atoms with E-state index in [9.17, 15) is 4.79 Å². The van der Waals surface area contributed by atoms with Crippen LogP contribution in [0.2, 0.25) is 0 Å². The van der Waals surface area contributed by atoms with Crippen LogP contribution in [0, 0.1) is 23.7 Å². The van der Waals surface area contributed by atoms with E-state index in [4.69, 9.17) is 10.8 Å². The lowest BCUT2D eigenvalue weighted by Gasteiger charge is -2.40. The van der Waals surface area contributed by atoms with E-state index in [0.717, 1.165) is 6.42 Å². The fraction of sp³-hybridized carbons (Fsp3) is 0.900. The number of carboxylic acids is 1. The van der Waals surface area contributed by atoms with Crippen LogP contribution in [0.1, 0.15) is 27.2 Å². The summed E-state index contributed by atoms with van der Waals surface area (Å²) in [6.07, 6.45) is 0.724. The molecule has 3 heteroatoms. The fourth-order valence-electron chi connectivity index (χ4n) is 2.27. The van der Waals surface area contributed by atoms with Crippen LogP contribution in [-0.4, -0.2) is 17.1 Å². The molecule has 0 aromatic rings. The number of rotatable bonds is 1. The van der Waals surface area contributed by atoms with Crippen molar-refractivity contribution in [3.8, 4) is 0 Å². The van der Waals surface area contributed by atoms with Crippen molar-refractivity contribution in [2.75, 3.05) is 0 Å². The summed E-state index contributed by atoms with van der Waals surface area (Å²) >= 11 is 0. The maximum Gasteiger partial charge on any atom is 0.308 e. The molecular weight excluding hydrogens is 166 g/mol. The Morgan fingerprint density at radius 2 is 1.85 bits per heavy atom. The number of hydrogen-bond donors (Lipinski definition) is 2. The molecule has 0 spiro atoms. The normalized spacial score (nSPS) is 46.0. The molecule has 0 aromatic heterocycles. The average molecular weight is 185 g/mol. The van der Waals surface area contributed by atoms with Gasteiger partial charge in [0.15, 0.2) is 0 Å². The fourth-order valence-corrected chi connectivity index (χ4v) is 2.27. The second-order valence-electron chi connectivity index (χ2n) is 4.45. The predicted octanol–water partition coefficient (Wildman–Crippen LogP) is 1.33. The van der Waals surface area contributed by atoms with Gasteiger partial charge in [0.25, 0.3) is 0 Å². The van der Waals surface area contributed by atoms with Gasteiger partial charge in [-0.15, -0.1) is 0 Å². The lowest BCUT2D eigenvalue weighted by Crippen LogP contribution is -2.49. The number of carboxylic acid groups (broad SMARTS) is 1. The van der Waals surface area contributed by atoms with Crippen molar-refractivity contribution < 1.29 is 9.90 Å². The van der Waals surface area contributed by atoms with E-state index in [2.05, 4.69) is 20.8 Å². The monoisotopic (exact) mass is 185 g/mol. The zero-order valence-electron chi connectivity index (χ0n) is 8.53. The summed E-state index contributed by atoms with van der Waals surface area (Å²) < 4.78 is 0. The molecular formula is C10H19NO2. The van der Waals surface area contributed by atoms with E-state index in [-0.39, 0.29) is 12.0 Å². The standard InChI is InChI=1S/C10H19NO2/c1-5-4-8(10(12)13)9(11)7(3)6(5)2/h5-9H,4,11H2,1-3H3,(H,12,13). The molecule has 1 saturated carbocycles. The minimum Gasteiger partial charge on any atom is -0.481 e. The molecule has 1 rings (SSSR count). The summed E-state index contributed by atoms with van der Waals surface area (Å²) in [6, 6.07) is -0.177. The first-order valence-corrected chi connectivity index (χ1v) is 4.93. The minimum atomic E-state index is -0.738. The van der Waals surface area contributed by atoms with Gasteiger partial charge >= 0.3 is 5.97 Å². The van der Waals surface area contributed by atoms with Crippen LogP contribution in [-0.2, 0) is 4.79 Å². The summed E-state index contributed by atoms with van der Waals surface area (Å²) in [4.78, 5) is 10.9. The van der Waals surface area contributed by atoms with Gasteiger partial charge in [-0.1, -0.05) is 20.8 Å². The zero-order valence-corrected chi connectivity index (χ0v) is 8.53. The van der Waals surface area contributed by atoms with Gasteiger partial charge in [0.1, 0.15) is 0 Å². The maximum atomic E-state index is 10.9. The SMILES string of the molecule is CC1CC(C(=O)O)C(N)C(C)C1C. The molecule has 0 heterocycles. The number of hydrogen-bond acceptors (Lipinski definition) is 2. The first-order chi connectivity index (χ1) is 5.95. The quantitative estimate of drug-likeness (QED) is 0.647. The molecule has 5 unspecified atom stereocenters. The van der Waals surface area contributed by atoms with Gasteiger partial charge in [0, 0.05) is 6.04 Å². The molecule has 0 aromatic carbocycles. The van der Waals surface area contributed by atoms with Crippen LogP contribution in [0.3, 0.4) is 0 Å². The third kappa shape index (κ3) is 1.85. The lowest BCUT2D eigenvalue weighted by molar-refractivity contribution is -0.145. The second-order valence-corrected chi connectivity index (χ2v) is 4.45. The van der Waals surface area contributed by atoms with Crippen LogP contribution in [0.25, 0.3) is 0 Å². The number of carbonyl (C=O) groups is 1. The Bertz CT molecular complexity index is 205. The highest BCUT2D eigenvalue weighted by Crippen LogP contribution is 2.36. The molecule has 0 amide bonds. The van der Waals surface area contributed by atoms with Gasteiger partial charge < -0.3 is 10.8 Å². The largest absolute Gasteiger partial charge is 0.481 e. The summed E-state index contributed by atoms with van der Waals surface area (Å²) in [5.74, 6) is 0.227. The molecule has 0 aliphatic heterocycles. The van der Waals surface area contributed by atoms with Crippen molar-refractivity contribution in [3.63, 3.8) is 0 Å². The number of aliphatic carboxylic acids is 1. The molecule has 0 radical (unpaired) electrons. The molecule has 1 fully saturated rings. The average Bonchev–Trinajstić information content (AvgIpc) is 2.07. The maximum absolute atomic E-state index is 10.9. The predicted molar refractivity (Wildman–Crippen MR) is 51.2 cm³/mol. The van der Waals surface area contributed by atoms with E-state index >= 15 is 0 Å². The lowest BCUT2D eigenvalue weighted by atomic mass is 9.67. The zero-order chi connectivity index (χ0) is 10.2. The summed E-state index contributed by atoms with van der Waals surface area (Å²) in [5.41, 5.74) is 5.90. The molecule has 1 aliphatic carbocycles. The highest BCUT2D eigenvalue weighted by Gasteiger charge is 2.39. The van der Waals surface area contributed by atoms with Crippen LogP contribution in [0.5, 0.6) is 0 Å². The van der Waals surface area contributed by atoms with Crippen LogP contribution in [0.15, 0.2) is 0 Å². The van der Waals surface area contributed by atoms with E-state index in [1.54, 1.807) is 0 Å². The topological polar surface area (TPSA) is 63.3 Å². The first kappa shape index (κ1) is 10.5. The van der Waals surface area contributed by atoms with E-state index in [1.807, 2.05) is 0 Å². The molecule has 3 N–H and O–H groups in total. The Morgan fingerprint density at radius 1 is 1.31 bits per heavy atom. The number of nitrogens with two attached hydrogens (primary N) is 1. The Morgan fingerprint density at radius 3 is 2.31 bits per heavy atom. The van der Waals surface area contributed by atoms with Crippen molar-refractivity contribution in [1.82, 2.24) is 0 Å². The highest BCUT2D eigenvalue weighted by molar-refractivity contribution is 5.71. The van der Waals surface area contributed by atoms with Gasteiger partial charge in [-0.25, -0.2) is 0 Å². The molecule has 0 bridgehead atoms. The molecule has 3 nitrogen and oxygen atoms in total. The van der Waals surface area contributed by atoms with Crippen molar-refractivity contribution >= 4 is 5.97 Å². The van der Waals surface area contributed by atoms with Gasteiger partial charge in [-0.3, -0.25) is 4.79 Å². The van der Waals surface area contributed by atoms with Crippen LogP contribution in [0.4, 0.5) is 0 Å². The smallest absolute Gasteiger partial charge is 0.308 e. The Labute approximate surface area is 79.3 Å². The molecule has 0 saturated heterocycles. The van der Waals surface area contributed by atoms with Crippen molar-refractivity contribution in [2.24, 2.45) is 29.4 Å². The minimum absolute atomic E-state index is 0.177. The van der Waals surface area contributed by atoms with Crippen molar-refractivity contribution in [3.05, 3.63) is 0 Å². The summed E-state index contributed by atoms with van der Waals surface area (Å²) in [5, 5.41) is 8.95.